The highest BCUT2D eigenvalue weighted by molar-refractivity contribution is 6.40. The van der Waals surface area contributed by atoms with Crippen molar-refractivity contribution in [1.29, 1.82) is 0 Å². The van der Waals surface area contributed by atoms with E-state index < -0.39 is 154 Å². The number of fused-ring (bicyclic) bond motifs is 6. The molecule has 18 N–H and O–H groups in total. The van der Waals surface area contributed by atoms with Gasteiger partial charge >= 0.3 is 0 Å². The first kappa shape index (κ1) is 48.7. The molecule has 0 fully saturated rings. The van der Waals surface area contributed by atoms with E-state index >= 15 is 0 Å². The Labute approximate surface area is 449 Å². The Morgan fingerprint density at radius 3 is 1.23 bits per heavy atom. The van der Waals surface area contributed by atoms with E-state index in [2.05, 4.69) is 15.0 Å². The van der Waals surface area contributed by atoms with Crippen LogP contribution in [-0.2, 0) is 0 Å². The largest absolute Gasteiger partial charge is 0.508 e. The number of hydrogen-bond acceptors (Lipinski definition) is 22. The van der Waals surface area contributed by atoms with E-state index in [0.717, 1.165) is 10.8 Å². The molecule has 0 aliphatic heterocycles. The van der Waals surface area contributed by atoms with Crippen LogP contribution in [0.4, 0.5) is 0 Å². The summed E-state index contributed by atoms with van der Waals surface area (Å²) in [4.78, 5) is 13.3. The number of aromatic nitrogens is 4. The number of hydrogen-bond donors (Lipinski definition) is 18. The zero-order valence-electron chi connectivity index (χ0n) is 40.5. The summed E-state index contributed by atoms with van der Waals surface area (Å²) in [5.41, 5.74) is -3.23. The number of phenols is 18. The number of aromatic hydroxyl groups is 18. The van der Waals surface area contributed by atoms with Gasteiger partial charge in [0.15, 0.2) is 75.0 Å². The summed E-state index contributed by atoms with van der Waals surface area (Å²) in [6, 6.07) is 26.0. The standard InChI is InChI=1S/C57H33BN4O19/c58-35-37(63)31(40(66)48(74)45(35)71)32-38(64)41(67)33(42(68)39(32)65)56-59-55(60-57(61-56)34-43(69)49(75)53(79)50(76)44(34)70)21-13-15-23-30-28(21)18-7-2-1-6-17(18)27-19(16-9-5-11-25-26(16)20-8-3-4-10-24(20)81-25)12-14-22(29(27)30)62(23)36-46(72)51(77)54(80)52(78)47(36)73/h1-15,63-80H. The second-order valence-electron chi connectivity index (χ2n) is 18.8. The Kier molecular flexibility index (Phi) is 9.93. The molecule has 13 aromatic rings. The average Bonchev–Trinajstić information content (AvgIpc) is 4.26. The van der Waals surface area contributed by atoms with Gasteiger partial charge in [0.25, 0.3) is 0 Å². The van der Waals surface area contributed by atoms with Gasteiger partial charge in [-0.25, -0.2) is 15.0 Å². The molecule has 0 spiro atoms. The van der Waals surface area contributed by atoms with Crippen molar-refractivity contribution in [2.75, 3.05) is 0 Å². The Bertz CT molecular complexity index is 4900. The lowest BCUT2D eigenvalue weighted by molar-refractivity contribution is 0.327. The molecule has 10 aromatic carbocycles. The summed E-state index contributed by atoms with van der Waals surface area (Å²) in [6.45, 7) is 0. The van der Waals surface area contributed by atoms with Crippen molar-refractivity contribution in [3.63, 3.8) is 0 Å². The minimum atomic E-state index is -1.47. The van der Waals surface area contributed by atoms with Crippen molar-refractivity contribution < 1.29 is 96.3 Å². The molecule has 0 unspecified atom stereocenters. The van der Waals surface area contributed by atoms with Gasteiger partial charge in [-0.1, -0.05) is 60.7 Å². The summed E-state index contributed by atoms with van der Waals surface area (Å²) in [5, 5.41) is 203. The predicted octanol–water partition coefficient (Wildman–Crippen LogP) is 8.44. The zero-order valence-corrected chi connectivity index (χ0v) is 40.5. The normalized spacial score (nSPS) is 11.9. The summed E-state index contributed by atoms with van der Waals surface area (Å²) in [5.74, 6) is -26.1. The highest BCUT2D eigenvalue weighted by Gasteiger charge is 2.36. The van der Waals surface area contributed by atoms with Crippen LogP contribution in [-0.4, -0.2) is 119 Å². The van der Waals surface area contributed by atoms with Crippen LogP contribution < -0.4 is 5.46 Å². The molecular formula is C57H33BN4O19. The molecule has 0 saturated carbocycles. The molecule has 24 heteroatoms. The number of phenolic OH excluding ortho intramolecular Hbond substituents is 18. The highest BCUT2D eigenvalue weighted by atomic mass is 16.4. The molecule has 3 heterocycles. The van der Waals surface area contributed by atoms with Crippen molar-refractivity contribution in [2.45, 2.75) is 0 Å². The predicted molar refractivity (Wildman–Crippen MR) is 290 cm³/mol. The summed E-state index contributed by atoms with van der Waals surface area (Å²) in [6.07, 6.45) is 0. The van der Waals surface area contributed by atoms with Crippen LogP contribution in [0.3, 0.4) is 0 Å². The third-order valence-corrected chi connectivity index (χ3v) is 14.6. The fourth-order valence-corrected chi connectivity index (χ4v) is 10.9. The topological polar surface area (TPSA) is 421 Å². The van der Waals surface area contributed by atoms with Crippen molar-refractivity contribution in [2.24, 2.45) is 0 Å². The first-order valence-electron chi connectivity index (χ1n) is 23.7. The average molecular weight is 1090 g/mol. The number of nitrogens with zero attached hydrogens (tertiary/aromatic N) is 4. The number of rotatable bonds is 6. The lowest BCUT2D eigenvalue weighted by Crippen LogP contribution is -2.06. The van der Waals surface area contributed by atoms with Crippen molar-refractivity contribution in [3.8, 4) is 166 Å². The molecule has 0 aliphatic rings. The molecule has 0 saturated heterocycles. The van der Waals surface area contributed by atoms with Crippen LogP contribution >= 0.6 is 0 Å². The second kappa shape index (κ2) is 16.5. The maximum absolute atomic E-state index is 11.8. The monoisotopic (exact) mass is 1090 g/mol. The minimum absolute atomic E-state index is 0.0390. The molecule has 13 rings (SSSR count). The van der Waals surface area contributed by atoms with Crippen LogP contribution in [0.25, 0.3) is 127 Å². The van der Waals surface area contributed by atoms with E-state index in [1.54, 1.807) is 42.5 Å². The summed E-state index contributed by atoms with van der Waals surface area (Å²) in [7, 11) is 5.70. The Morgan fingerprint density at radius 2 is 0.679 bits per heavy atom. The molecule has 0 atom stereocenters. The molecular weight excluding hydrogens is 1060 g/mol. The second-order valence-corrected chi connectivity index (χ2v) is 18.8. The Balaban J connectivity index is 1.19. The third kappa shape index (κ3) is 6.25. The van der Waals surface area contributed by atoms with Crippen LogP contribution in [0, 0.1) is 0 Å². The number of para-hydroxylation sites is 1. The van der Waals surface area contributed by atoms with Gasteiger partial charge in [-0.2, -0.15) is 0 Å². The van der Waals surface area contributed by atoms with Crippen LogP contribution in [0.5, 0.6) is 103 Å². The van der Waals surface area contributed by atoms with Crippen LogP contribution in [0.15, 0.2) is 95.4 Å². The first-order valence-corrected chi connectivity index (χ1v) is 23.7. The Morgan fingerprint density at radius 1 is 0.296 bits per heavy atom. The van der Waals surface area contributed by atoms with Gasteiger partial charge in [-0.15, -0.1) is 0 Å². The van der Waals surface area contributed by atoms with Crippen molar-refractivity contribution in [3.05, 3.63) is 91.0 Å². The van der Waals surface area contributed by atoms with E-state index in [4.69, 9.17) is 12.3 Å². The van der Waals surface area contributed by atoms with Gasteiger partial charge in [0.2, 0.25) is 40.2 Å². The van der Waals surface area contributed by atoms with E-state index in [9.17, 15) is 91.9 Å². The number of benzene rings is 10. The van der Waals surface area contributed by atoms with Gasteiger partial charge in [-0.3, -0.25) is 0 Å². The molecule has 23 nitrogen and oxygen atoms in total. The summed E-state index contributed by atoms with van der Waals surface area (Å²) >= 11 is 0. The fourth-order valence-electron chi connectivity index (χ4n) is 10.9. The van der Waals surface area contributed by atoms with E-state index in [0.29, 0.717) is 43.8 Å². The van der Waals surface area contributed by atoms with E-state index in [-0.39, 0.29) is 27.4 Å². The molecule has 0 amide bonds. The minimum Gasteiger partial charge on any atom is -0.508 e. The zero-order chi connectivity index (χ0) is 57.3. The van der Waals surface area contributed by atoms with Crippen molar-refractivity contribution in [1.82, 2.24) is 19.5 Å². The van der Waals surface area contributed by atoms with Crippen LogP contribution in [0.1, 0.15) is 0 Å². The maximum atomic E-state index is 11.8. The molecule has 398 valence electrons. The van der Waals surface area contributed by atoms with Gasteiger partial charge in [0, 0.05) is 37.9 Å². The van der Waals surface area contributed by atoms with Gasteiger partial charge in [-0.05, 0) is 57.7 Å². The molecule has 3 aromatic heterocycles. The van der Waals surface area contributed by atoms with E-state index in [1.165, 1.54) is 16.7 Å². The lowest BCUT2D eigenvalue weighted by Gasteiger charge is -2.19. The van der Waals surface area contributed by atoms with Crippen LogP contribution in [0.2, 0.25) is 0 Å². The van der Waals surface area contributed by atoms with Gasteiger partial charge in [0.1, 0.15) is 41.6 Å². The van der Waals surface area contributed by atoms with Gasteiger partial charge in [0.05, 0.1) is 22.2 Å². The SMILES string of the molecule is [B]c1c(O)c(O)c(O)c(-c2c(O)c(O)c(-c3nc(-c4c(O)c(O)c(O)c(O)c4O)nc(-c4ccc5c6c4c4ccccc4c4c(-c7cccc8oc9ccccc9c78)ccc(c46)n5-c4c(O)c(O)c(O)c(O)c4O)n3)c(O)c2O)c1O. The Hall–Kier alpha value is -11.9. The third-order valence-electron chi connectivity index (χ3n) is 14.6. The maximum Gasteiger partial charge on any atom is 0.208 e. The first-order chi connectivity index (χ1) is 38.7. The summed E-state index contributed by atoms with van der Waals surface area (Å²) < 4.78 is 7.59. The fraction of sp³-hybridized carbons (Fsp3) is 0. The molecule has 81 heavy (non-hydrogen) atoms. The molecule has 2 radical (unpaired) electrons. The smallest absolute Gasteiger partial charge is 0.208 e. The molecule has 0 aliphatic carbocycles. The molecule has 0 bridgehead atoms. The van der Waals surface area contributed by atoms with E-state index in [1.807, 2.05) is 36.4 Å². The number of furan rings is 1. The van der Waals surface area contributed by atoms with Gasteiger partial charge < -0.3 is 101 Å². The van der Waals surface area contributed by atoms with Crippen molar-refractivity contribution >= 4 is 78.6 Å². The quantitative estimate of drug-likeness (QED) is 0.0321. The highest BCUT2D eigenvalue weighted by Crippen LogP contribution is 2.61. The lowest BCUT2D eigenvalue weighted by atomic mass is 9.87.